The molecular formula is C20H18Cl2N2O4. The van der Waals surface area contributed by atoms with Crippen molar-refractivity contribution >= 4 is 46.3 Å². The smallest absolute Gasteiger partial charge is 0.278 e. The van der Waals surface area contributed by atoms with Crippen molar-refractivity contribution in [3.05, 3.63) is 63.8 Å². The Morgan fingerprint density at radius 1 is 1.04 bits per heavy atom. The predicted octanol–water partition coefficient (Wildman–Crippen LogP) is 3.84. The van der Waals surface area contributed by atoms with Crippen molar-refractivity contribution in [2.45, 2.75) is 0 Å². The van der Waals surface area contributed by atoms with E-state index < -0.39 is 11.8 Å². The highest BCUT2D eigenvalue weighted by Crippen LogP contribution is 2.35. The van der Waals surface area contributed by atoms with E-state index in [0.29, 0.717) is 22.0 Å². The Hall–Kier alpha value is -2.54. The molecule has 1 N–H and O–H groups in total. The third-order valence-corrected chi connectivity index (χ3v) is 4.77. The first-order valence-electron chi connectivity index (χ1n) is 8.42. The number of carbonyl (C=O) groups excluding carboxylic acids is 2. The summed E-state index contributed by atoms with van der Waals surface area (Å²) in [5.41, 5.74) is 1.35. The standard InChI is InChI=1S/C20H18Cl2N2O4/c1-27-9-8-24-19(25)17(15-7-6-12(21)10-16(15)22)18(20(24)26)23-13-4-3-5-14(11-13)28-2/h3-7,10-11,23H,8-9H2,1-2H3. The van der Waals surface area contributed by atoms with E-state index in [2.05, 4.69) is 5.32 Å². The number of hydrogen-bond donors (Lipinski definition) is 1. The number of methoxy groups -OCH3 is 2. The summed E-state index contributed by atoms with van der Waals surface area (Å²) >= 11 is 12.3. The van der Waals surface area contributed by atoms with Gasteiger partial charge in [0.15, 0.2) is 0 Å². The number of benzene rings is 2. The normalized spacial score (nSPS) is 14.1. The molecule has 0 saturated carbocycles. The first-order chi connectivity index (χ1) is 13.5. The number of hydrogen-bond acceptors (Lipinski definition) is 5. The van der Waals surface area contributed by atoms with Gasteiger partial charge in [-0.15, -0.1) is 0 Å². The molecule has 6 nitrogen and oxygen atoms in total. The average Bonchev–Trinajstić information content (AvgIpc) is 2.90. The van der Waals surface area contributed by atoms with Crippen molar-refractivity contribution in [3.8, 4) is 5.75 Å². The predicted molar refractivity (Wildman–Crippen MR) is 109 cm³/mol. The molecular weight excluding hydrogens is 403 g/mol. The van der Waals surface area contributed by atoms with E-state index in [1.165, 1.54) is 13.2 Å². The van der Waals surface area contributed by atoms with Gasteiger partial charge in [-0.25, -0.2) is 0 Å². The molecule has 0 unspecified atom stereocenters. The van der Waals surface area contributed by atoms with Crippen LogP contribution in [0.4, 0.5) is 5.69 Å². The molecule has 0 aliphatic carbocycles. The van der Waals surface area contributed by atoms with Crippen LogP contribution in [0.2, 0.25) is 10.0 Å². The van der Waals surface area contributed by atoms with Crippen LogP contribution in [-0.2, 0) is 14.3 Å². The fraction of sp³-hybridized carbons (Fsp3) is 0.200. The Morgan fingerprint density at radius 2 is 1.82 bits per heavy atom. The number of rotatable bonds is 7. The first-order valence-corrected chi connectivity index (χ1v) is 9.17. The lowest BCUT2D eigenvalue weighted by molar-refractivity contribution is -0.137. The van der Waals surface area contributed by atoms with E-state index in [1.807, 2.05) is 0 Å². The molecule has 1 heterocycles. The largest absolute Gasteiger partial charge is 0.497 e. The monoisotopic (exact) mass is 420 g/mol. The molecule has 0 aromatic heterocycles. The molecule has 146 valence electrons. The number of halogens is 2. The topological polar surface area (TPSA) is 67.9 Å². The number of imide groups is 1. The fourth-order valence-corrected chi connectivity index (χ4v) is 3.37. The van der Waals surface area contributed by atoms with Gasteiger partial charge in [0, 0.05) is 29.4 Å². The van der Waals surface area contributed by atoms with Crippen LogP contribution in [0.25, 0.3) is 5.57 Å². The van der Waals surface area contributed by atoms with Gasteiger partial charge in [0.25, 0.3) is 11.8 Å². The minimum Gasteiger partial charge on any atom is -0.497 e. The minimum absolute atomic E-state index is 0.131. The summed E-state index contributed by atoms with van der Waals surface area (Å²) in [6.07, 6.45) is 0. The number of nitrogens with one attached hydrogen (secondary N) is 1. The van der Waals surface area contributed by atoms with Crippen LogP contribution in [0, 0.1) is 0 Å². The van der Waals surface area contributed by atoms with Gasteiger partial charge in [-0.2, -0.15) is 0 Å². The molecule has 0 spiro atoms. The van der Waals surface area contributed by atoms with Crippen molar-refractivity contribution in [1.29, 1.82) is 0 Å². The zero-order chi connectivity index (χ0) is 20.3. The van der Waals surface area contributed by atoms with Crippen LogP contribution >= 0.6 is 23.2 Å². The van der Waals surface area contributed by atoms with Crippen LogP contribution in [-0.4, -0.2) is 44.1 Å². The highest BCUT2D eigenvalue weighted by molar-refractivity contribution is 6.41. The Labute approximate surface area is 172 Å². The summed E-state index contributed by atoms with van der Waals surface area (Å²) in [5, 5.41) is 3.76. The molecule has 1 aliphatic heterocycles. The van der Waals surface area contributed by atoms with Gasteiger partial charge in [-0.05, 0) is 24.3 Å². The molecule has 0 bridgehead atoms. The maximum Gasteiger partial charge on any atom is 0.278 e. The van der Waals surface area contributed by atoms with Gasteiger partial charge in [0.05, 0.1) is 30.9 Å². The zero-order valence-corrected chi connectivity index (χ0v) is 16.8. The van der Waals surface area contributed by atoms with Gasteiger partial charge in [0.2, 0.25) is 0 Å². The molecule has 0 saturated heterocycles. The van der Waals surface area contributed by atoms with Gasteiger partial charge in [0.1, 0.15) is 11.4 Å². The van der Waals surface area contributed by atoms with E-state index in [-0.39, 0.29) is 29.4 Å². The highest BCUT2D eigenvalue weighted by atomic mass is 35.5. The van der Waals surface area contributed by atoms with Crippen LogP contribution < -0.4 is 10.1 Å². The van der Waals surface area contributed by atoms with Gasteiger partial charge >= 0.3 is 0 Å². The molecule has 2 amide bonds. The first kappa shape index (κ1) is 20.2. The molecule has 1 aliphatic rings. The quantitative estimate of drug-likeness (QED) is 0.689. The molecule has 28 heavy (non-hydrogen) atoms. The lowest BCUT2D eigenvalue weighted by Gasteiger charge is -2.14. The minimum atomic E-state index is -0.453. The SMILES string of the molecule is COCCN1C(=O)C(Nc2cccc(OC)c2)=C(c2ccc(Cl)cc2Cl)C1=O. The number of carbonyl (C=O) groups is 2. The number of anilines is 1. The van der Waals surface area contributed by atoms with E-state index in [0.717, 1.165) is 4.90 Å². The Kier molecular flexibility index (Phi) is 6.24. The molecule has 2 aromatic rings. The van der Waals surface area contributed by atoms with Crippen LogP contribution in [0.1, 0.15) is 5.56 Å². The summed E-state index contributed by atoms with van der Waals surface area (Å²) in [4.78, 5) is 27.1. The maximum absolute atomic E-state index is 13.0. The summed E-state index contributed by atoms with van der Waals surface area (Å²) in [7, 11) is 3.05. The number of amides is 2. The molecule has 0 radical (unpaired) electrons. The summed E-state index contributed by atoms with van der Waals surface area (Å²) in [5.74, 6) is -0.285. The van der Waals surface area contributed by atoms with Crippen molar-refractivity contribution in [2.24, 2.45) is 0 Å². The van der Waals surface area contributed by atoms with Crippen molar-refractivity contribution < 1.29 is 19.1 Å². The Bertz CT molecular complexity index is 959. The zero-order valence-electron chi connectivity index (χ0n) is 15.3. The van der Waals surface area contributed by atoms with E-state index in [9.17, 15) is 9.59 Å². The third-order valence-electron chi connectivity index (χ3n) is 4.23. The Balaban J connectivity index is 2.08. The van der Waals surface area contributed by atoms with Crippen molar-refractivity contribution in [3.63, 3.8) is 0 Å². The Morgan fingerprint density at radius 3 is 2.50 bits per heavy atom. The van der Waals surface area contributed by atoms with Gasteiger partial charge in [-0.3, -0.25) is 14.5 Å². The second-order valence-corrected chi connectivity index (χ2v) is 6.83. The summed E-state index contributed by atoms with van der Waals surface area (Å²) in [6, 6.07) is 11.8. The van der Waals surface area contributed by atoms with E-state index >= 15 is 0 Å². The highest BCUT2D eigenvalue weighted by Gasteiger charge is 2.39. The lowest BCUT2D eigenvalue weighted by atomic mass is 10.0. The van der Waals surface area contributed by atoms with Gasteiger partial charge < -0.3 is 14.8 Å². The molecule has 3 rings (SSSR count). The summed E-state index contributed by atoms with van der Waals surface area (Å²) in [6.45, 7) is 0.359. The summed E-state index contributed by atoms with van der Waals surface area (Å²) < 4.78 is 10.2. The van der Waals surface area contributed by atoms with Gasteiger partial charge in [-0.1, -0.05) is 35.3 Å². The molecule has 0 fully saturated rings. The van der Waals surface area contributed by atoms with E-state index in [4.69, 9.17) is 32.7 Å². The molecule has 2 aromatic carbocycles. The number of nitrogens with zero attached hydrogens (tertiary/aromatic N) is 1. The molecule has 8 heteroatoms. The average molecular weight is 421 g/mol. The lowest BCUT2D eigenvalue weighted by Crippen LogP contribution is -2.35. The number of ether oxygens (including phenoxy) is 2. The maximum atomic E-state index is 13.0. The van der Waals surface area contributed by atoms with Crippen molar-refractivity contribution in [1.82, 2.24) is 4.90 Å². The van der Waals surface area contributed by atoms with Crippen LogP contribution in [0.5, 0.6) is 5.75 Å². The second kappa shape index (κ2) is 8.65. The third kappa shape index (κ3) is 3.99. The van der Waals surface area contributed by atoms with Crippen LogP contribution in [0.3, 0.4) is 0 Å². The van der Waals surface area contributed by atoms with E-state index in [1.54, 1.807) is 43.5 Å². The second-order valence-electron chi connectivity index (χ2n) is 5.99. The van der Waals surface area contributed by atoms with Crippen molar-refractivity contribution in [2.75, 3.05) is 32.7 Å². The fourth-order valence-electron chi connectivity index (χ4n) is 2.86. The molecule has 0 atom stereocenters. The van der Waals surface area contributed by atoms with Crippen LogP contribution in [0.15, 0.2) is 48.2 Å².